The molecule has 0 saturated heterocycles. The Hall–Kier alpha value is -2.07. The molecule has 0 aliphatic carbocycles. The lowest BCUT2D eigenvalue weighted by molar-refractivity contribution is -0.115. The highest BCUT2D eigenvalue weighted by molar-refractivity contribution is 6.35. The van der Waals surface area contributed by atoms with E-state index in [4.69, 9.17) is 11.6 Å². The quantitative estimate of drug-likeness (QED) is 0.837. The van der Waals surface area contributed by atoms with Gasteiger partial charge >= 0.3 is 0 Å². The first kappa shape index (κ1) is 11.0. The summed E-state index contributed by atoms with van der Waals surface area (Å²) in [7, 11) is 0. The zero-order valence-corrected chi connectivity index (χ0v) is 10.2. The van der Waals surface area contributed by atoms with Crippen LogP contribution in [0.4, 0.5) is 0 Å². The van der Waals surface area contributed by atoms with Crippen molar-refractivity contribution >= 4 is 23.2 Å². The third kappa shape index (κ3) is 1.80. The van der Waals surface area contributed by atoms with Crippen LogP contribution in [-0.4, -0.2) is 22.8 Å². The molecule has 0 unspecified atom stereocenters. The number of benzene rings is 1. The number of hydrogen-bond donors (Lipinski definition) is 1. The van der Waals surface area contributed by atoms with Gasteiger partial charge in [-0.25, -0.2) is 0 Å². The Balaban J connectivity index is 2.18. The molecule has 0 spiro atoms. The lowest BCUT2D eigenvalue weighted by Crippen LogP contribution is -2.23. The van der Waals surface area contributed by atoms with Gasteiger partial charge < -0.3 is 0 Å². The Kier molecular flexibility index (Phi) is 2.64. The van der Waals surface area contributed by atoms with Crippen molar-refractivity contribution in [3.63, 3.8) is 0 Å². The molecule has 5 heteroatoms. The third-order valence-electron chi connectivity index (χ3n) is 2.75. The molecule has 1 amide bonds. The second-order valence-electron chi connectivity index (χ2n) is 3.94. The van der Waals surface area contributed by atoms with Gasteiger partial charge in [0, 0.05) is 11.8 Å². The zero-order chi connectivity index (χ0) is 12.5. The van der Waals surface area contributed by atoms with E-state index in [0.717, 1.165) is 17.0 Å². The van der Waals surface area contributed by atoms with Crippen LogP contribution in [0, 0.1) is 0 Å². The van der Waals surface area contributed by atoms with Crippen molar-refractivity contribution in [2.75, 3.05) is 12.0 Å². The van der Waals surface area contributed by atoms with Crippen LogP contribution in [0.1, 0.15) is 11.3 Å². The molecule has 2 heterocycles. The van der Waals surface area contributed by atoms with E-state index in [9.17, 15) is 4.79 Å². The molecule has 0 atom stereocenters. The van der Waals surface area contributed by atoms with Gasteiger partial charge in [-0.15, -0.1) is 0 Å². The molecule has 18 heavy (non-hydrogen) atoms. The lowest BCUT2D eigenvalue weighted by Gasteiger charge is -2.09. The predicted molar refractivity (Wildman–Crippen MR) is 70.8 cm³/mol. The van der Waals surface area contributed by atoms with E-state index in [2.05, 4.69) is 10.4 Å². The Morgan fingerprint density at radius 3 is 2.89 bits per heavy atom. The number of nitrogens with one attached hydrogen (secondary N) is 1. The molecule has 1 aromatic carbocycles. The molecule has 2 aromatic rings. The average molecular weight is 260 g/mol. The molecule has 3 rings (SSSR count). The molecule has 0 fully saturated rings. The Bertz CT molecular complexity index is 645. The van der Waals surface area contributed by atoms with Gasteiger partial charge in [0.25, 0.3) is 5.91 Å². The van der Waals surface area contributed by atoms with Gasteiger partial charge in [0.15, 0.2) is 0 Å². The number of carbonyl (C=O) groups excluding carboxylic acids is 1. The molecular formula is C13H10ClN3O. The third-order valence-corrected chi connectivity index (χ3v) is 3.08. The second kappa shape index (κ2) is 4.31. The fraction of sp³-hybridized carbons (Fsp3) is 0.0769. The van der Waals surface area contributed by atoms with E-state index in [1.54, 1.807) is 10.9 Å². The molecular weight excluding hydrogens is 250 g/mol. The number of aromatic nitrogens is 1. The highest BCUT2D eigenvalue weighted by Crippen LogP contribution is 2.20. The molecule has 90 valence electrons. The maximum atomic E-state index is 11.5. The minimum absolute atomic E-state index is 0.0994. The first-order chi connectivity index (χ1) is 8.75. The summed E-state index contributed by atoms with van der Waals surface area (Å²) in [4.78, 5) is 15.9. The summed E-state index contributed by atoms with van der Waals surface area (Å²) < 4.78 is 1.66. The Morgan fingerprint density at radius 2 is 2.06 bits per heavy atom. The molecule has 0 saturated carbocycles. The van der Waals surface area contributed by atoms with Crippen LogP contribution in [0.5, 0.6) is 0 Å². The van der Waals surface area contributed by atoms with Gasteiger partial charge in [-0.1, -0.05) is 29.8 Å². The van der Waals surface area contributed by atoms with Gasteiger partial charge in [0.05, 0.1) is 16.4 Å². The Labute approximate surface area is 109 Å². The molecule has 0 radical (unpaired) electrons. The topological polar surface area (TPSA) is 46.4 Å². The molecule has 0 bridgehead atoms. The van der Waals surface area contributed by atoms with Crippen LogP contribution >= 0.6 is 11.6 Å². The van der Waals surface area contributed by atoms with Crippen LogP contribution in [-0.2, 0) is 4.79 Å². The van der Waals surface area contributed by atoms with Crippen molar-refractivity contribution in [2.24, 2.45) is 4.99 Å². The van der Waals surface area contributed by atoms with Gasteiger partial charge in [-0.2, -0.15) is 0 Å². The van der Waals surface area contributed by atoms with Crippen molar-refractivity contribution in [3.05, 3.63) is 58.9 Å². The minimum atomic E-state index is -0.144. The van der Waals surface area contributed by atoms with Crippen LogP contribution < -0.4 is 5.43 Å². The zero-order valence-electron chi connectivity index (χ0n) is 9.43. The number of fused-ring (bicyclic) bond motifs is 1. The van der Waals surface area contributed by atoms with Crippen molar-refractivity contribution in [2.45, 2.75) is 0 Å². The molecule has 1 aliphatic heterocycles. The number of hydrogen-bond acceptors (Lipinski definition) is 2. The first-order valence-corrected chi connectivity index (χ1v) is 5.90. The minimum Gasteiger partial charge on any atom is -0.272 e. The number of nitrogens with zero attached hydrogens (tertiary/aromatic N) is 2. The van der Waals surface area contributed by atoms with E-state index in [1.165, 1.54) is 0 Å². The molecule has 1 aliphatic rings. The van der Waals surface area contributed by atoms with Crippen LogP contribution in [0.15, 0.2) is 47.6 Å². The molecule has 1 aromatic heterocycles. The predicted octanol–water partition coefficient (Wildman–Crippen LogP) is 2.06. The van der Waals surface area contributed by atoms with Gasteiger partial charge in [0.2, 0.25) is 0 Å². The van der Waals surface area contributed by atoms with E-state index in [-0.39, 0.29) is 12.5 Å². The van der Waals surface area contributed by atoms with E-state index in [0.29, 0.717) is 5.02 Å². The summed E-state index contributed by atoms with van der Waals surface area (Å²) in [6.45, 7) is 0.0994. The van der Waals surface area contributed by atoms with Crippen molar-refractivity contribution in [1.82, 2.24) is 4.68 Å². The number of halogens is 1. The Morgan fingerprint density at radius 1 is 1.22 bits per heavy atom. The van der Waals surface area contributed by atoms with Crippen LogP contribution in [0.2, 0.25) is 5.02 Å². The maximum absolute atomic E-state index is 11.5. The fourth-order valence-electron chi connectivity index (χ4n) is 1.95. The van der Waals surface area contributed by atoms with Crippen molar-refractivity contribution in [1.29, 1.82) is 0 Å². The smallest absolute Gasteiger partial charge is 0.260 e. The van der Waals surface area contributed by atoms with Crippen molar-refractivity contribution in [3.8, 4) is 0 Å². The van der Waals surface area contributed by atoms with Gasteiger partial charge in [-0.3, -0.25) is 19.9 Å². The number of carbonyl (C=O) groups is 1. The fourth-order valence-corrected chi connectivity index (χ4v) is 2.17. The first-order valence-electron chi connectivity index (χ1n) is 5.52. The molecule has 4 nitrogen and oxygen atoms in total. The van der Waals surface area contributed by atoms with Gasteiger partial charge in [-0.05, 0) is 18.2 Å². The summed E-state index contributed by atoms with van der Waals surface area (Å²) in [6.07, 6.45) is 1.78. The van der Waals surface area contributed by atoms with E-state index < -0.39 is 0 Å². The summed E-state index contributed by atoms with van der Waals surface area (Å²) in [5.74, 6) is -0.144. The largest absolute Gasteiger partial charge is 0.272 e. The monoisotopic (exact) mass is 259 g/mol. The maximum Gasteiger partial charge on any atom is 0.260 e. The van der Waals surface area contributed by atoms with Gasteiger partial charge in [0.1, 0.15) is 6.54 Å². The summed E-state index contributed by atoms with van der Waals surface area (Å²) in [5.41, 5.74) is 5.12. The standard InChI is InChI=1S/C13H10ClN3O/c14-10-5-2-1-4-9(10)13-11-6-3-7-17(11)16-12(18)8-15-13/h1-7H,8H2,(H,16,18). The number of rotatable bonds is 1. The average Bonchev–Trinajstić information content (AvgIpc) is 2.74. The van der Waals surface area contributed by atoms with E-state index in [1.807, 2.05) is 36.4 Å². The van der Waals surface area contributed by atoms with Crippen LogP contribution in [0.3, 0.4) is 0 Å². The summed E-state index contributed by atoms with van der Waals surface area (Å²) in [5, 5.41) is 0.623. The normalized spacial score (nSPS) is 14.5. The lowest BCUT2D eigenvalue weighted by atomic mass is 10.1. The van der Waals surface area contributed by atoms with Crippen LogP contribution in [0.25, 0.3) is 0 Å². The SMILES string of the molecule is O=C1CN=C(c2ccccc2Cl)c2cccn2N1. The molecule has 1 N–H and O–H groups in total. The highest BCUT2D eigenvalue weighted by atomic mass is 35.5. The highest BCUT2D eigenvalue weighted by Gasteiger charge is 2.18. The van der Waals surface area contributed by atoms with Crippen molar-refractivity contribution < 1.29 is 4.79 Å². The number of amides is 1. The summed E-state index contributed by atoms with van der Waals surface area (Å²) >= 11 is 6.19. The second-order valence-corrected chi connectivity index (χ2v) is 4.35. The number of aliphatic imine (C=N–C) groups is 1. The summed E-state index contributed by atoms with van der Waals surface area (Å²) in [6, 6.07) is 11.2. The van der Waals surface area contributed by atoms with E-state index >= 15 is 0 Å².